The molecule has 0 radical (unpaired) electrons. The largest absolute Gasteiger partial charge is 0.299 e. The van der Waals surface area contributed by atoms with Crippen molar-refractivity contribution in [3.05, 3.63) is 53.1 Å². The Morgan fingerprint density at radius 2 is 2.21 bits per heavy atom. The van der Waals surface area contributed by atoms with E-state index in [2.05, 4.69) is 16.5 Å². The van der Waals surface area contributed by atoms with Gasteiger partial charge >= 0.3 is 0 Å². The number of aliphatic imine (C=N–C) groups is 1. The van der Waals surface area contributed by atoms with Gasteiger partial charge in [0.25, 0.3) is 0 Å². The summed E-state index contributed by atoms with van der Waals surface area (Å²) in [6.45, 7) is 1.99. The summed E-state index contributed by atoms with van der Waals surface area (Å²) in [5.41, 5.74) is 7.35. The molecule has 2 aliphatic rings. The zero-order valence-corrected chi connectivity index (χ0v) is 10.9. The summed E-state index contributed by atoms with van der Waals surface area (Å²) in [6, 6.07) is 7.68. The van der Waals surface area contributed by atoms with Crippen molar-refractivity contribution in [2.45, 2.75) is 6.92 Å². The van der Waals surface area contributed by atoms with Gasteiger partial charge in [0.2, 0.25) is 0 Å². The van der Waals surface area contributed by atoms with E-state index in [1.54, 1.807) is 18.5 Å². The van der Waals surface area contributed by atoms with E-state index < -0.39 is 0 Å². The molecule has 0 fully saturated rings. The van der Waals surface area contributed by atoms with Crippen LogP contribution >= 0.6 is 11.8 Å². The SMILES string of the molecule is Cc1ccc(C#N)cc1N1NC=C2C1=CN=CN2Cl. The predicted octanol–water partition coefficient (Wildman–Crippen LogP) is 2.37. The van der Waals surface area contributed by atoms with Crippen LogP contribution in [-0.2, 0) is 0 Å². The summed E-state index contributed by atoms with van der Waals surface area (Å²) in [4.78, 5) is 4.07. The minimum atomic E-state index is 0.610. The lowest BCUT2D eigenvalue weighted by molar-refractivity contribution is 0.822. The maximum Gasteiger partial charge on any atom is 0.111 e. The number of aryl methyl sites for hydroxylation is 1. The standard InChI is InChI=1S/C13H10ClN5/c1-9-2-3-10(5-15)4-11(9)19-13-6-16-8-18(14)12(13)7-17-19/h2-4,6-8,17H,1H3. The lowest BCUT2D eigenvalue weighted by Gasteiger charge is -2.25. The average molecular weight is 272 g/mol. The number of hydrazine groups is 1. The van der Waals surface area contributed by atoms with Crippen molar-refractivity contribution >= 4 is 23.8 Å². The molecule has 1 aromatic rings. The Labute approximate surface area is 115 Å². The summed E-state index contributed by atoms with van der Waals surface area (Å²) < 4.78 is 1.42. The molecule has 0 amide bonds. The van der Waals surface area contributed by atoms with Gasteiger partial charge in [0.05, 0.1) is 23.5 Å². The molecule has 6 heteroatoms. The second-order valence-corrected chi connectivity index (χ2v) is 4.56. The molecule has 5 nitrogen and oxygen atoms in total. The smallest absolute Gasteiger partial charge is 0.111 e. The Balaban J connectivity index is 2.04. The third-order valence-corrected chi connectivity index (χ3v) is 3.28. The number of anilines is 1. The number of halogens is 1. The average Bonchev–Trinajstić information content (AvgIpc) is 2.85. The molecule has 1 aromatic carbocycles. The predicted molar refractivity (Wildman–Crippen MR) is 73.9 cm³/mol. The van der Waals surface area contributed by atoms with Crippen molar-refractivity contribution in [1.82, 2.24) is 9.84 Å². The van der Waals surface area contributed by atoms with Crippen molar-refractivity contribution in [3.63, 3.8) is 0 Å². The van der Waals surface area contributed by atoms with Gasteiger partial charge in [-0.15, -0.1) is 0 Å². The minimum Gasteiger partial charge on any atom is -0.299 e. The van der Waals surface area contributed by atoms with Crippen molar-refractivity contribution in [2.24, 2.45) is 4.99 Å². The molecule has 0 bridgehead atoms. The van der Waals surface area contributed by atoms with E-state index in [0.29, 0.717) is 5.56 Å². The summed E-state index contributed by atoms with van der Waals surface area (Å²) >= 11 is 6.02. The van der Waals surface area contributed by atoms with Crippen molar-refractivity contribution in [1.29, 1.82) is 5.26 Å². The van der Waals surface area contributed by atoms with Crippen LogP contribution in [0.3, 0.4) is 0 Å². The maximum absolute atomic E-state index is 9.00. The van der Waals surface area contributed by atoms with Crippen LogP contribution in [0, 0.1) is 18.3 Å². The Hall–Kier alpha value is -2.45. The summed E-state index contributed by atoms with van der Waals surface area (Å²) in [6.07, 6.45) is 5.05. The van der Waals surface area contributed by atoms with Crippen LogP contribution in [0.15, 0.2) is 47.0 Å². The second kappa shape index (κ2) is 4.34. The fourth-order valence-corrected chi connectivity index (χ4v) is 2.21. The first-order chi connectivity index (χ1) is 9.20. The van der Waals surface area contributed by atoms with Crippen LogP contribution in [-0.4, -0.2) is 10.8 Å². The highest BCUT2D eigenvalue weighted by Crippen LogP contribution is 2.32. The topological polar surface area (TPSA) is 54.7 Å². The number of nitrogens with one attached hydrogen (secondary N) is 1. The number of fused-ring (bicyclic) bond motifs is 1. The van der Waals surface area contributed by atoms with Gasteiger partial charge in [-0.05, 0) is 24.6 Å². The van der Waals surface area contributed by atoms with Crippen molar-refractivity contribution < 1.29 is 0 Å². The number of nitrogens with zero attached hydrogens (tertiary/aromatic N) is 4. The summed E-state index contributed by atoms with van der Waals surface area (Å²) in [5.74, 6) is 0. The fraction of sp³-hybridized carbons (Fsp3) is 0.0769. The van der Waals surface area contributed by atoms with Gasteiger partial charge in [0.1, 0.15) is 17.7 Å². The molecule has 1 N–H and O–H groups in total. The number of benzene rings is 1. The summed E-state index contributed by atoms with van der Waals surface area (Å²) in [5, 5.41) is 10.9. The highest BCUT2D eigenvalue weighted by atomic mass is 35.5. The van der Waals surface area contributed by atoms with E-state index in [9.17, 15) is 0 Å². The second-order valence-electron chi connectivity index (χ2n) is 4.20. The number of rotatable bonds is 1. The Morgan fingerprint density at radius 1 is 1.37 bits per heavy atom. The maximum atomic E-state index is 9.00. The van der Waals surface area contributed by atoms with Gasteiger partial charge < -0.3 is 0 Å². The fourth-order valence-electron chi connectivity index (χ4n) is 2.02. The normalized spacial score (nSPS) is 16.5. The van der Waals surface area contributed by atoms with Crippen LogP contribution < -0.4 is 10.4 Å². The van der Waals surface area contributed by atoms with Gasteiger partial charge in [-0.1, -0.05) is 6.07 Å². The molecule has 0 saturated carbocycles. The lowest BCUT2D eigenvalue weighted by Crippen LogP contribution is -2.30. The molecule has 3 rings (SSSR count). The third-order valence-electron chi connectivity index (χ3n) is 3.01. The van der Waals surface area contributed by atoms with Gasteiger partial charge in [0.15, 0.2) is 0 Å². The molecule has 0 aliphatic carbocycles. The van der Waals surface area contributed by atoms with E-state index >= 15 is 0 Å². The van der Waals surface area contributed by atoms with Gasteiger partial charge in [0, 0.05) is 18.0 Å². The molecular weight excluding hydrogens is 262 g/mol. The highest BCUT2D eigenvalue weighted by Gasteiger charge is 2.27. The third kappa shape index (κ3) is 1.83. The van der Waals surface area contributed by atoms with Crippen LogP contribution in [0.1, 0.15) is 11.1 Å². The molecule has 2 aliphatic heterocycles. The van der Waals surface area contributed by atoms with Crippen LogP contribution in [0.2, 0.25) is 0 Å². The molecule has 19 heavy (non-hydrogen) atoms. The first-order valence-electron chi connectivity index (χ1n) is 5.67. The van der Waals surface area contributed by atoms with Crippen LogP contribution in [0.25, 0.3) is 0 Å². The molecule has 0 unspecified atom stereocenters. The van der Waals surface area contributed by atoms with E-state index in [4.69, 9.17) is 17.0 Å². The first kappa shape index (κ1) is 11.6. The zero-order chi connectivity index (χ0) is 13.4. The Kier molecular flexibility index (Phi) is 2.65. The Morgan fingerprint density at radius 3 is 3.00 bits per heavy atom. The van der Waals surface area contributed by atoms with E-state index in [0.717, 1.165) is 22.6 Å². The lowest BCUT2D eigenvalue weighted by atomic mass is 10.1. The molecule has 0 atom stereocenters. The molecule has 94 valence electrons. The minimum absolute atomic E-state index is 0.610. The van der Waals surface area contributed by atoms with Crippen LogP contribution in [0.5, 0.6) is 0 Å². The van der Waals surface area contributed by atoms with Gasteiger partial charge in [-0.3, -0.25) is 10.4 Å². The number of hydrogen-bond acceptors (Lipinski definition) is 5. The highest BCUT2D eigenvalue weighted by molar-refractivity contribution is 6.20. The Bertz CT molecular complexity index is 668. The number of hydrogen-bond donors (Lipinski definition) is 1. The van der Waals surface area contributed by atoms with Gasteiger partial charge in [-0.2, -0.15) is 5.26 Å². The van der Waals surface area contributed by atoms with Crippen LogP contribution in [0.4, 0.5) is 5.69 Å². The van der Waals surface area contributed by atoms with Crippen molar-refractivity contribution in [2.75, 3.05) is 5.01 Å². The van der Waals surface area contributed by atoms with Crippen molar-refractivity contribution in [3.8, 4) is 6.07 Å². The quantitative estimate of drug-likeness (QED) is 0.797. The molecule has 2 heterocycles. The first-order valence-corrected chi connectivity index (χ1v) is 6.00. The van der Waals surface area contributed by atoms with E-state index in [1.807, 2.05) is 24.1 Å². The van der Waals surface area contributed by atoms with E-state index in [1.165, 1.54) is 10.8 Å². The monoisotopic (exact) mass is 271 g/mol. The van der Waals surface area contributed by atoms with E-state index in [-0.39, 0.29) is 0 Å². The molecule has 0 spiro atoms. The molecular formula is C13H10ClN5. The zero-order valence-electron chi connectivity index (χ0n) is 10.1. The molecule has 0 aromatic heterocycles. The number of nitriles is 1. The molecule has 0 saturated heterocycles. The summed E-state index contributed by atoms with van der Waals surface area (Å²) in [7, 11) is 0. The van der Waals surface area contributed by atoms with Gasteiger partial charge in [-0.25, -0.2) is 9.41 Å².